The molecule has 0 aromatic heterocycles. The van der Waals surface area contributed by atoms with Crippen LogP contribution in [0.15, 0.2) is 97.1 Å². The molecule has 236 valence electrons. The minimum absolute atomic E-state index is 0.0740. The molecule has 7 aromatic carbocycles. The van der Waals surface area contributed by atoms with Gasteiger partial charge in [-0.1, -0.05) is 36.4 Å². The highest BCUT2D eigenvalue weighted by molar-refractivity contribution is 6.38. The molecule has 7 aromatic rings. The zero-order valence-corrected chi connectivity index (χ0v) is 25.1. The van der Waals surface area contributed by atoms with E-state index in [9.17, 15) is 38.2 Å². The first-order valence-electron chi connectivity index (χ1n) is 14.8. The van der Waals surface area contributed by atoms with Crippen LogP contribution >= 0.6 is 0 Å². The van der Waals surface area contributed by atoms with E-state index in [1.165, 1.54) is 60.7 Å². The summed E-state index contributed by atoms with van der Waals surface area (Å²) < 4.78 is 27.0. The second-order valence-corrected chi connectivity index (χ2v) is 11.5. The van der Waals surface area contributed by atoms with Crippen LogP contribution in [0.25, 0.3) is 43.1 Å². The number of aromatic carboxylic acids is 2. The number of hydrogen-bond donors (Lipinski definition) is 4. The molecule has 0 aliphatic carbocycles. The Morgan fingerprint density at radius 3 is 1.35 bits per heavy atom. The molecule has 1 unspecified atom stereocenters. The Morgan fingerprint density at radius 2 is 0.917 bits per heavy atom. The third kappa shape index (κ3) is 4.91. The fourth-order valence-corrected chi connectivity index (χ4v) is 6.46. The summed E-state index contributed by atoms with van der Waals surface area (Å²) in [5.41, 5.74) is 0.929. The lowest BCUT2D eigenvalue weighted by atomic mass is 9.84. The number of rotatable bonds is 7. The maximum atomic E-state index is 13.7. The van der Waals surface area contributed by atoms with E-state index in [0.717, 1.165) is 0 Å². The Labute approximate surface area is 270 Å². The molecule has 0 heterocycles. The lowest BCUT2D eigenvalue weighted by molar-refractivity contribution is 0.0688. The number of carbonyl (C=O) groups excluding carboxylic acids is 2. The molecule has 10 heteroatoms. The summed E-state index contributed by atoms with van der Waals surface area (Å²) in [7, 11) is 0. The van der Waals surface area contributed by atoms with Crippen molar-refractivity contribution in [1.82, 2.24) is 5.32 Å². The molecule has 0 radical (unpaired) electrons. The van der Waals surface area contributed by atoms with E-state index in [1.54, 1.807) is 43.3 Å². The molecule has 0 saturated heterocycles. The van der Waals surface area contributed by atoms with Gasteiger partial charge < -0.3 is 20.8 Å². The normalized spacial score (nSPS) is 12.1. The summed E-state index contributed by atoms with van der Waals surface area (Å²) in [6.07, 6.45) is 0. The summed E-state index contributed by atoms with van der Waals surface area (Å²) >= 11 is 0. The smallest absolute Gasteiger partial charge is 0.336 e. The summed E-state index contributed by atoms with van der Waals surface area (Å²) in [6.45, 7) is 1.73. The lowest BCUT2D eigenvalue weighted by Crippen LogP contribution is -2.27. The standard InChI is InChI=1S/C38H24F2N2O6/c1-18(19-2-4-20(39)5-3-19)41-35(43)27-14-10-23-26-13-17-30(38(47)48)34-28(36(44)42-22-8-6-21(40)7-9-22)15-11-24(32(26)34)25-12-16-29(37(45)46)33(27)31(23)25/h2-18H,1H3,(H,41,43)(H,42,44)(H,45,46)(H,47,48). The van der Waals surface area contributed by atoms with Crippen molar-refractivity contribution in [3.63, 3.8) is 0 Å². The SMILES string of the molecule is CC(NC(=O)c1ccc2c3ccc(C(=O)O)c4c(C(=O)Nc5ccc(F)cc5)ccc(c5ccc(C(=O)O)c1c52)c43)c1ccc(F)cc1. The highest BCUT2D eigenvalue weighted by atomic mass is 19.1. The topological polar surface area (TPSA) is 133 Å². The summed E-state index contributed by atoms with van der Waals surface area (Å²) in [5, 5.41) is 29.5. The molecule has 7 rings (SSSR count). The molecule has 0 aliphatic heterocycles. The van der Waals surface area contributed by atoms with E-state index >= 15 is 0 Å². The molecule has 2 amide bonds. The second-order valence-electron chi connectivity index (χ2n) is 11.5. The molecule has 48 heavy (non-hydrogen) atoms. The third-order valence-corrected chi connectivity index (χ3v) is 8.67. The molecular formula is C38H24F2N2O6. The second kappa shape index (κ2) is 11.4. The van der Waals surface area contributed by atoms with Crippen LogP contribution in [0.3, 0.4) is 0 Å². The number of carboxylic acid groups (broad SMARTS) is 2. The van der Waals surface area contributed by atoms with Crippen molar-refractivity contribution in [1.29, 1.82) is 0 Å². The maximum absolute atomic E-state index is 13.7. The van der Waals surface area contributed by atoms with Gasteiger partial charge in [-0.15, -0.1) is 0 Å². The van der Waals surface area contributed by atoms with Crippen LogP contribution in [0.1, 0.15) is 60.0 Å². The number of halogens is 2. The van der Waals surface area contributed by atoms with Gasteiger partial charge in [-0.3, -0.25) is 9.59 Å². The number of anilines is 1. The third-order valence-electron chi connectivity index (χ3n) is 8.67. The van der Waals surface area contributed by atoms with Crippen LogP contribution in [0.5, 0.6) is 0 Å². The number of fused-ring (bicyclic) bond motifs is 2. The van der Waals surface area contributed by atoms with Crippen molar-refractivity contribution in [3.05, 3.63) is 137 Å². The van der Waals surface area contributed by atoms with Gasteiger partial charge in [0.05, 0.1) is 17.2 Å². The van der Waals surface area contributed by atoms with Crippen LogP contribution in [0, 0.1) is 11.6 Å². The first-order chi connectivity index (χ1) is 23.0. The molecule has 0 fully saturated rings. The van der Waals surface area contributed by atoms with Gasteiger partial charge in [0.15, 0.2) is 0 Å². The highest BCUT2D eigenvalue weighted by Crippen LogP contribution is 2.44. The van der Waals surface area contributed by atoms with Gasteiger partial charge in [-0.2, -0.15) is 0 Å². The zero-order valence-electron chi connectivity index (χ0n) is 25.1. The average molecular weight is 643 g/mol. The van der Waals surface area contributed by atoms with Gasteiger partial charge in [0, 0.05) is 27.6 Å². The van der Waals surface area contributed by atoms with Gasteiger partial charge in [-0.25, -0.2) is 18.4 Å². The fourth-order valence-electron chi connectivity index (χ4n) is 6.46. The van der Waals surface area contributed by atoms with E-state index in [0.29, 0.717) is 43.6 Å². The average Bonchev–Trinajstić information content (AvgIpc) is 3.07. The Kier molecular flexibility index (Phi) is 7.20. The quantitative estimate of drug-likeness (QED) is 0.102. The number of amides is 2. The lowest BCUT2D eigenvalue weighted by Gasteiger charge is -2.20. The largest absolute Gasteiger partial charge is 0.478 e. The number of benzene rings is 7. The summed E-state index contributed by atoms with van der Waals surface area (Å²) in [5.74, 6) is -4.54. The molecule has 1 atom stereocenters. The predicted molar refractivity (Wildman–Crippen MR) is 178 cm³/mol. The van der Waals surface area contributed by atoms with Gasteiger partial charge in [0.1, 0.15) is 11.6 Å². The van der Waals surface area contributed by atoms with Gasteiger partial charge >= 0.3 is 11.9 Å². The maximum Gasteiger partial charge on any atom is 0.336 e. The van der Waals surface area contributed by atoms with E-state index < -0.39 is 41.4 Å². The van der Waals surface area contributed by atoms with Crippen LogP contribution in [0.2, 0.25) is 0 Å². The van der Waals surface area contributed by atoms with Crippen LogP contribution in [-0.2, 0) is 0 Å². The Hall–Kier alpha value is -6.42. The highest BCUT2D eigenvalue weighted by Gasteiger charge is 2.26. The van der Waals surface area contributed by atoms with E-state index in [4.69, 9.17) is 0 Å². The van der Waals surface area contributed by atoms with Crippen molar-refractivity contribution in [2.75, 3.05) is 5.32 Å². The van der Waals surface area contributed by atoms with E-state index in [-0.39, 0.29) is 33.0 Å². The fraction of sp³-hybridized carbons (Fsp3) is 0.0526. The number of nitrogens with one attached hydrogen (secondary N) is 2. The monoisotopic (exact) mass is 642 g/mol. The molecule has 0 aliphatic rings. The molecule has 0 spiro atoms. The minimum atomic E-state index is -1.26. The van der Waals surface area contributed by atoms with Crippen molar-refractivity contribution in [3.8, 4) is 0 Å². The number of carbonyl (C=O) groups is 4. The van der Waals surface area contributed by atoms with E-state index in [1.807, 2.05) is 0 Å². The summed E-state index contributed by atoms with van der Waals surface area (Å²) in [4.78, 5) is 52.4. The van der Waals surface area contributed by atoms with Crippen LogP contribution in [-0.4, -0.2) is 34.0 Å². The molecular weight excluding hydrogens is 618 g/mol. The van der Waals surface area contributed by atoms with Crippen LogP contribution in [0.4, 0.5) is 14.5 Å². The minimum Gasteiger partial charge on any atom is -0.478 e. The predicted octanol–water partition coefficient (Wildman–Crippen LogP) is 8.16. The van der Waals surface area contributed by atoms with Crippen molar-refractivity contribution in [2.24, 2.45) is 0 Å². The first-order valence-corrected chi connectivity index (χ1v) is 14.8. The summed E-state index contributed by atoms with van der Waals surface area (Å²) in [6, 6.07) is 22.7. The first kappa shape index (κ1) is 30.2. The molecule has 0 bridgehead atoms. The molecule has 4 N–H and O–H groups in total. The molecule has 8 nitrogen and oxygen atoms in total. The van der Waals surface area contributed by atoms with Gasteiger partial charge in [0.2, 0.25) is 0 Å². The number of hydrogen-bond acceptors (Lipinski definition) is 4. The van der Waals surface area contributed by atoms with Crippen molar-refractivity contribution < 1.29 is 38.2 Å². The Balaban J connectivity index is 1.47. The van der Waals surface area contributed by atoms with Gasteiger partial charge in [0.25, 0.3) is 11.8 Å². The van der Waals surface area contributed by atoms with Crippen LogP contribution < -0.4 is 10.6 Å². The Bertz CT molecular complexity index is 2460. The number of carboxylic acids is 2. The van der Waals surface area contributed by atoms with E-state index in [2.05, 4.69) is 10.6 Å². The zero-order chi connectivity index (χ0) is 33.9. The molecule has 0 saturated carbocycles. The van der Waals surface area contributed by atoms with Crippen molar-refractivity contribution in [2.45, 2.75) is 13.0 Å². The van der Waals surface area contributed by atoms with Gasteiger partial charge in [-0.05, 0) is 105 Å². The van der Waals surface area contributed by atoms with Crippen molar-refractivity contribution >= 4 is 72.5 Å². The Morgan fingerprint density at radius 1 is 0.521 bits per heavy atom.